The summed E-state index contributed by atoms with van der Waals surface area (Å²) in [4.78, 5) is 0. The summed E-state index contributed by atoms with van der Waals surface area (Å²) in [5.74, 6) is 0. The maximum absolute atomic E-state index is 4.80. The molecule has 1 unspecified atom stereocenters. The van der Waals surface area contributed by atoms with E-state index >= 15 is 0 Å². The second kappa shape index (κ2) is 5.65. The van der Waals surface area contributed by atoms with E-state index in [1.54, 1.807) is 0 Å². The Balaban J connectivity index is 2.49. The van der Waals surface area contributed by atoms with E-state index in [4.69, 9.17) is 11.8 Å². The van der Waals surface area contributed by atoms with Gasteiger partial charge in [0, 0.05) is 0 Å². The summed E-state index contributed by atoms with van der Waals surface area (Å²) in [7, 11) is 0.367. The lowest BCUT2D eigenvalue weighted by atomic mass is 10.4. The molecule has 0 amide bonds. The van der Waals surface area contributed by atoms with Crippen LogP contribution in [0.15, 0.2) is 0 Å². The van der Waals surface area contributed by atoms with Crippen molar-refractivity contribution < 1.29 is 0 Å². The first-order valence-corrected chi connectivity index (χ1v) is 5.05. The van der Waals surface area contributed by atoms with Crippen LogP contribution in [0, 0.1) is 0 Å². The van der Waals surface area contributed by atoms with E-state index < -0.39 is 0 Å². The Kier molecular flexibility index (Phi) is 6.26. The fourth-order valence-electron chi connectivity index (χ4n) is 0.287. The van der Waals surface area contributed by atoms with Crippen LogP contribution in [0.4, 0.5) is 0 Å². The Labute approximate surface area is 45.8 Å². The zero-order valence-corrected chi connectivity index (χ0v) is 6.08. The average molecular weight is 122 g/mol. The number of hydrogen-bond acceptors (Lipinski definition) is 1. The molecular weight excluding hydrogens is 111 g/mol. The van der Waals surface area contributed by atoms with Crippen molar-refractivity contribution in [3.8, 4) is 0 Å². The van der Waals surface area contributed by atoms with E-state index in [1.807, 2.05) is 0 Å². The van der Waals surface area contributed by atoms with Gasteiger partial charge in [-0.15, -0.1) is 11.8 Å². The monoisotopic (exact) mass is 122 g/mol. The first kappa shape index (κ1) is 6.65. The second-order valence-corrected chi connectivity index (χ2v) is 3.22. The molecule has 0 aliphatic heterocycles. The maximum Gasteiger partial charge on any atom is -0.0286 e. The summed E-state index contributed by atoms with van der Waals surface area (Å²) >= 11 is 4.80. The number of unbranched alkanes of at least 4 members (excludes halogenated alkanes) is 1. The first-order chi connectivity index (χ1) is 2.91. The summed E-state index contributed by atoms with van der Waals surface area (Å²) in [5, 5.41) is 0. The van der Waals surface area contributed by atoms with Crippen LogP contribution in [0.2, 0.25) is 0 Å². The van der Waals surface area contributed by atoms with Gasteiger partial charge in [-0.1, -0.05) is 20.7 Å². The van der Waals surface area contributed by atoms with E-state index in [0.29, 0.717) is 7.36 Å². The number of hydrogen-bond donors (Lipinski definition) is 0. The van der Waals surface area contributed by atoms with Gasteiger partial charge in [0.1, 0.15) is 0 Å². The Morgan fingerprint density at radius 3 is 2.50 bits per heavy atom. The highest BCUT2D eigenvalue weighted by Gasteiger charge is 1.71. The van der Waals surface area contributed by atoms with Crippen LogP contribution in [0.3, 0.4) is 0 Å². The van der Waals surface area contributed by atoms with Crippen molar-refractivity contribution in [1.82, 2.24) is 0 Å². The minimum absolute atomic E-state index is 0.367. The fourth-order valence-corrected chi connectivity index (χ4v) is 1.36. The molecule has 0 aromatic carbocycles. The van der Waals surface area contributed by atoms with Crippen molar-refractivity contribution in [3.05, 3.63) is 0 Å². The Morgan fingerprint density at radius 2 is 2.33 bits per heavy atom. The topological polar surface area (TPSA) is 0 Å². The second-order valence-electron chi connectivity index (χ2n) is 1.31. The molecule has 38 valence electrons. The van der Waals surface area contributed by atoms with Crippen LogP contribution in [0.5, 0.6) is 0 Å². The molecule has 0 aliphatic carbocycles. The smallest absolute Gasteiger partial charge is 0.0286 e. The number of rotatable bonds is 3. The molecule has 0 bridgehead atoms. The third kappa shape index (κ3) is 4.65. The van der Waals surface area contributed by atoms with Gasteiger partial charge in [0.15, 0.2) is 0 Å². The van der Waals surface area contributed by atoms with Crippen LogP contribution in [-0.2, 0) is 11.8 Å². The van der Waals surface area contributed by atoms with Crippen LogP contribution in [0.25, 0.3) is 0 Å². The van der Waals surface area contributed by atoms with E-state index in [1.165, 1.54) is 19.0 Å². The molecule has 0 aliphatic rings. The summed E-state index contributed by atoms with van der Waals surface area (Å²) in [5.41, 5.74) is 0. The minimum atomic E-state index is 0.367. The molecule has 0 saturated carbocycles. The van der Waals surface area contributed by atoms with Gasteiger partial charge in [-0.05, 0) is 12.6 Å². The highest BCUT2D eigenvalue weighted by Crippen LogP contribution is 1.96. The van der Waals surface area contributed by atoms with Gasteiger partial charge >= 0.3 is 0 Å². The molecule has 1 atom stereocenters. The molecule has 0 aromatic heterocycles. The normalized spacial score (nSPS) is 10.8. The Bertz CT molecular complexity index is 36.5. The van der Waals surface area contributed by atoms with Crippen LogP contribution in [-0.4, -0.2) is 6.16 Å². The largest absolute Gasteiger partial charge is 0.104 e. The van der Waals surface area contributed by atoms with Crippen molar-refractivity contribution in [1.29, 1.82) is 0 Å². The summed E-state index contributed by atoms with van der Waals surface area (Å²) in [6.45, 7) is 2.20. The molecule has 6 heavy (non-hydrogen) atoms. The molecule has 2 heteroatoms. The van der Waals surface area contributed by atoms with Crippen LogP contribution in [0.1, 0.15) is 19.8 Å². The standard InChI is InChI=1S/C4H11PS/c1-2-3-4-5-6/h2-5H2,1H3. The van der Waals surface area contributed by atoms with Gasteiger partial charge < -0.3 is 0 Å². The summed E-state index contributed by atoms with van der Waals surface area (Å²) in [6.07, 6.45) is 3.97. The predicted octanol–water partition coefficient (Wildman–Crippen LogP) is 1.66. The van der Waals surface area contributed by atoms with Crippen molar-refractivity contribution in [2.24, 2.45) is 0 Å². The maximum atomic E-state index is 4.80. The van der Waals surface area contributed by atoms with E-state index in [9.17, 15) is 0 Å². The zero-order chi connectivity index (χ0) is 4.83. The van der Waals surface area contributed by atoms with Gasteiger partial charge in [-0.25, -0.2) is 0 Å². The van der Waals surface area contributed by atoms with E-state index in [-0.39, 0.29) is 0 Å². The highest BCUT2D eigenvalue weighted by molar-refractivity contribution is 7.96. The van der Waals surface area contributed by atoms with Crippen LogP contribution >= 0.6 is 7.36 Å². The first-order valence-electron chi connectivity index (χ1n) is 2.35. The molecule has 0 radical (unpaired) electrons. The van der Waals surface area contributed by atoms with Gasteiger partial charge in [0.05, 0.1) is 0 Å². The summed E-state index contributed by atoms with van der Waals surface area (Å²) in [6, 6.07) is 0. The fraction of sp³-hybridized carbons (Fsp3) is 1.00. The third-order valence-electron chi connectivity index (χ3n) is 0.676. The quantitative estimate of drug-likeness (QED) is 0.405. The predicted molar refractivity (Wildman–Crippen MR) is 36.9 cm³/mol. The lowest BCUT2D eigenvalue weighted by Gasteiger charge is -1.81. The minimum Gasteiger partial charge on any atom is -0.104 e. The summed E-state index contributed by atoms with van der Waals surface area (Å²) < 4.78 is 0. The SMILES string of the molecule is CCCC[PH2]=S. The molecule has 0 aromatic rings. The van der Waals surface area contributed by atoms with Crippen molar-refractivity contribution in [2.45, 2.75) is 19.8 Å². The molecule has 0 N–H and O–H groups in total. The molecule has 0 fully saturated rings. The molecule has 0 nitrogen and oxygen atoms in total. The van der Waals surface area contributed by atoms with Crippen LogP contribution < -0.4 is 0 Å². The lowest BCUT2D eigenvalue weighted by Crippen LogP contribution is -1.66. The lowest BCUT2D eigenvalue weighted by molar-refractivity contribution is 0.896. The zero-order valence-electron chi connectivity index (χ0n) is 4.11. The van der Waals surface area contributed by atoms with E-state index in [2.05, 4.69) is 6.92 Å². The van der Waals surface area contributed by atoms with Crippen molar-refractivity contribution in [3.63, 3.8) is 0 Å². The van der Waals surface area contributed by atoms with Gasteiger partial charge in [-0.2, -0.15) is 0 Å². The Morgan fingerprint density at radius 1 is 1.67 bits per heavy atom. The molecule has 0 rings (SSSR count). The molecule has 0 spiro atoms. The molecule has 0 saturated heterocycles. The molecular formula is C4H11PS. The highest BCUT2D eigenvalue weighted by atomic mass is 32.4. The van der Waals surface area contributed by atoms with E-state index in [0.717, 1.165) is 0 Å². The average Bonchev–Trinajstić information content (AvgIpc) is 1.61. The van der Waals surface area contributed by atoms with Gasteiger partial charge in [-0.3, -0.25) is 0 Å². The van der Waals surface area contributed by atoms with Gasteiger partial charge in [0.2, 0.25) is 0 Å². The van der Waals surface area contributed by atoms with Crippen molar-refractivity contribution >= 4 is 19.2 Å². The Hall–Kier alpha value is 0.650. The van der Waals surface area contributed by atoms with Crippen molar-refractivity contribution in [2.75, 3.05) is 6.16 Å². The molecule has 0 heterocycles. The third-order valence-corrected chi connectivity index (χ3v) is 2.03. The van der Waals surface area contributed by atoms with Gasteiger partial charge in [0.25, 0.3) is 0 Å².